The third-order valence-electron chi connectivity index (χ3n) is 3.70. The van der Waals surface area contributed by atoms with Gasteiger partial charge in [0.05, 0.1) is 24.4 Å². The first-order valence-corrected chi connectivity index (χ1v) is 8.71. The molecule has 0 aliphatic rings. The molecule has 0 saturated carbocycles. The molecule has 24 heavy (non-hydrogen) atoms. The summed E-state index contributed by atoms with van der Waals surface area (Å²) in [5.41, 5.74) is 3.05. The number of aryl methyl sites for hydroxylation is 2. The highest BCUT2D eigenvalue weighted by molar-refractivity contribution is 7.11. The Morgan fingerprint density at radius 1 is 1.21 bits per heavy atom. The van der Waals surface area contributed by atoms with E-state index in [4.69, 9.17) is 4.74 Å². The number of guanidine groups is 1. The molecule has 0 aromatic carbocycles. The smallest absolute Gasteiger partial charge is 0.191 e. The molecule has 6 nitrogen and oxygen atoms in total. The number of hydrogen-bond acceptors (Lipinski definition) is 5. The molecule has 0 saturated heterocycles. The molecule has 0 atom stereocenters. The van der Waals surface area contributed by atoms with Gasteiger partial charge in [-0.3, -0.25) is 9.98 Å². The zero-order valence-corrected chi connectivity index (χ0v) is 15.8. The van der Waals surface area contributed by atoms with E-state index < -0.39 is 0 Å². The van der Waals surface area contributed by atoms with Crippen molar-refractivity contribution in [1.29, 1.82) is 0 Å². The molecule has 0 fully saturated rings. The van der Waals surface area contributed by atoms with Gasteiger partial charge in [0, 0.05) is 48.4 Å². The Morgan fingerprint density at radius 3 is 2.62 bits per heavy atom. The van der Waals surface area contributed by atoms with Crippen LogP contribution < -0.4 is 15.4 Å². The third kappa shape index (κ3) is 4.67. The van der Waals surface area contributed by atoms with Crippen molar-refractivity contribution in [3.8, 4) is 5.75 Å². The lowest BCUT2D eigenvalue weighted by molar-refractivity contribution is 0.406. The van der Waals surface area contributed by atoms with E-state index in [1.807, 2.05) is 26.2 Å². The largest absolute Gasteiger partial charge is 0.496 e. The van der Waals surface area contributed by atoms with E-state index >= 15 is 0 Å². The fraction of sp³-hybridized carbons (Fsp3) is 0.471. The lowest BCUT2D eigenvalue weighted by Gasteiger charge is -2.15. The van der Waals surface area contributed by atoms with E-state index in [0.29, 0.717) is 6.54 Å². The van der Waals surface area contributed by atoms with Crippen LogP contribution in [0, 0.1) is 20.8 Å². The van der Waals surface area contributed by atoms with Crippen molar-refractivity contribution in [2.75, 3.05) is 20.7 Å². The van der Waals surface area contributed by atoms with Gasteiger partial charge in [-0.1, -0.05) is 0 Å². The molecule has 2 aromatic heterocycles. The molecule has 130 valence electrons. The van der Waals surface area contributed by atoms with Crippen molar-refractivity contribution in [1.82, 2.24) is 20.6 Å². The zero-order valence-electron chi connectivity index (χ0n) is 14.9. The highest BCUT2D eigenvalue weighted by Crippen LogP contribution is 2.23. The Hall–Kier alpha value is -2.15. The lowest BCUT2D eigenvalue weighted by Crippen LogP contribution is -2.38. The molecule has 2 N–H and O–H groups in total. The van der Waals surface area contributed by atoms with Crippen LogP contribution in [0.5, 0.6) is 5.75 Å². The first kappa shape index (κ1) is 18.2. The van der Waals surface area contributed by atoms with E-state index in [-0.39, 0.29) is 0 Å². The van der Waals surface area contributed by atoms with E-state index in [1.54, 1.807) is 25.5 Å². The monoisotopic (exact) mass is 347 g/mol. The number of nitrogens with zero attached hydrogens (tertiary/aromatic N) is 3. The van der Waals surface area contributed by atoms with Gasteiger partial charge in [-0.25, -0.2) is 4.98 Å². The van der Waals surface area contributed by atoms with E-state index in [2.05, 4.69) is 32.5 Å². The Morgan fingerprint density at radius 2 is 2.00 bits per heavy atom. The van der Waals surface area contributed by atoms with Gasteiger partial charge in [0.2, 0.25) is 0 Å². The standard InChI is InChI=1S/C17H25N5OS/c1-11-8-20-14(13(3)16(11)23-5)10-22-17(18-4)19-7-6-15-21-9-12(2)24-15/h8-9H,6-7,10H2,1-5H3,(H2,18,19,22). The van der Waals surface area contributed by atoms with Gasteiger partial charge in [-0.2, -0.15) is 0 Å². The van der Waals surface area contributed by atoms with Crippen LogP contribution in [0.2, 0.25) is 0 Å². The number of rotatable bonds is 6. The molecule has 2 heterocycles. The molecule has 7 heteroatoms. The van der Waals surface area contributed by atoms with Gasteiger partial charge in [0.1, 0.15) is 5.75 Å². The van der Waals surface area contributed by atoms with Gasteiger partial charge in [0.25, 0.3) is 0 Å². The summed E-state index contributed by atoms with van der Waals surface area (Å²) in [6.07, 6.45) is 4.63. The van der Waals surface area contributed by atoms with Crippen molar-refractivity contribution in [2.24, 2.45) is 4.99 Å². The van der Waals surface area contributed by atoms with Crippen molar-refractivity contribution in [3.05, 3.63) is 39.1 Å². The highest BCUT2D eigenvalue weighted by atomic mass is 32.1. The number of nitrogens with one attached hydrogen (secondary N) is 2. The second-order valence-corrected chi connectivity index (χ2v) is 6.83. The minimum absolute atomic E-state index is 0.596. The van der Waals surface area contributed by atoms with Crippen LogP contribution in [-0.2, 0) is 13.0 Å². The maximum absolute atomic E-state index is 5.45. The molecule has 0 aliphatic carbocycles. The normalized spacial score (nSPS) is 11.5. The predicted octanol–water partition coefficient (Wildman–Crippen LogP) is 2.38. The molecule has 2 aromatic rings. The summed E-state index contributed by atoms with van der Waals surface area (Å²) in [6.45, 7) is 7.47. The van der Waals surface area contributed by atoms with Crippen molar-refractivity contribution < 1.29 is 4.74 Å². The van der Waals surface area contributed by atoms with Gasteiger partial charge in [-0.05, 0) is 20.8 Å². The second-order valence-electron chi connectivity index (χ2n) is 5.51. The molecule has 0 bridgehead atoms. The summed E-state index contributed by atoms with van der Waals surface area (Å²) < 4.78 is 5.45. The van der Waals surface area contributed by atoms with Gasteiger partial charge < -0.3 is 15.4 Å². The van der Waals surface area contributed by atoms with Crippen LogP contribution in [0.3, 0.4) is 0 Å². The van der Waals surface area contributed by atoms with E-state index in [1.165, 1.54) is 4.88 Å². The number of methoxy groups -OCH3 is 1. The van der Waals surface area contributed by atoms with Crippen molar-refractivity contribution in [2.45, 2.75) is 33.7 Å². The maximum Gasteiger partial charge on any atom is 0.191 e. The highest BCUT2D eigenvalue weighted by Gasteiger charge is 2.10. The van der Waals surface area contributed by atoms with Crippen LogP contribution in [0.1, 0.15) is 26.7 Å². The number of hydrogen-bond donors (Lipinski definition) is 2. The summed E-state index contributed by atoms with van der Waals surface area (Å²) in [6, 6.07) is 0. The number of ether oxygens (including phenoxy) is 1. The lowest BCUT2D eigenvalue weighted by atomic mass is 10.1. The quantitative estimate of drug-likeness (QED) is 0.620. The zero-order chi connectivity index (χ0) is 17.5. The Labute approximate surface area is 147 Å². The van der Waals surface area contributed by atoms with E-state index in [0.717, 1.165) is 46.5 Å². The fourth-order valence-electron chi connectivity index (χ4n) is 2.44. The van der Waals surface area contributed by atoms with E-state index in [9.17, 15) is 0 Å². The number of aliphatic imine (C=N–C) groups is 1. The summed E-state index contributed by atoms with van der Waals surface area (Å²) in [5, 5.41) is 7.73. The minimum atomic E-state index is 0.596. The maximum atomic E-state index is 5.45. The SMILES string of the molecule is CN=C(NCCc1ncc(C)s1)NCc1ncc(C)c(OC)c1C. The predicted molar refractivity (Wildman–Crippen MR) is 99.0 cm³/mol. The van der Waals surface area contributed by atoms with Gasteiger partial charge in [0.15, 0.2) is 5.96 Å². The average Bonchev–Trinajstić information content (AvgIpc) is 2.98. The fourth-order valence-corrected chi connectivity index (χ4v) is 3.23. The van der Waals surface area contributed by atoms with Crippen LogP contribution in [0.4, 0.5) is 0 Å². The molecular weight excluding hydrogens is 322 g/mol. The summed E-state index contributed by atoms with van der Waals surface area (Å²) in [7, 11) is 3.45. The minimum Gasteiger partial charge on any atom is -0.496 e. The van der Waals surface area contributed by atoms with Crippen LogP contribution in [-0.4, -0.2) is 36.6 Å². The van der Waals surface area contributed by atoms with Gasteiger partial charge in [-0.15, -0.1) is 11.3 Å². The number of aromatic nitrogens is 2. The molecule has 0 spiro atoms. The average molecular weight is 347 g/mol. The molecule has 0 radical (unpaired) electrons. The first-order chi connectivity index (χ1) is 11.5. The molecule has 2 rings (SSSR count). The molecule has 0 unspecified atom stereocenters. The Balaban J connectivity index is 1.87. The molecule has 0 amide bonds. The van der Waals surface area contributed by atoms with Crippen molar-refractivity contribution in [3.63, 3.8) is 0 Å². The van der Waals surface area contributed by atoms with Crippen LogP contribution in [0.25, 0.3) is 0 Å². The number of pyridine rings is 1. The van der Waals surface area contributed by atoms with Gasteiger partial charge >= 0.3 is 0 Å². The third-order valence-corrected chi connectivity index (χ3v) is 4.67. The Kier molecular flexibility index (Phi) is 6.54. The van der Waals surface area contributed by atoms with Crippen molar-refractivity contribution >= 4 is 17.3 Å². The van der Waals surface area contributed by atoms with Crippen LogP contribution >= 0.6 is 11.3 Å². The van der Waals surface area contributed by atoms with Crippen LogP contribution in [0.15, 0.2) is 17.4 Å². The summed E-state index contributed by atoms with van der Waals surface area (Å²) >= 11 is 1.73. The molecule has 0 aliphatic heterocycles. The molecular formula is C17H25N5OS. The number of thiazole rings is 1. The Bertz CT molecular complexity index is 711. The second kappa shape index (κ2) is 8.63. The summed E-state index contributed by atoms with van der Waals surface area (Å²) in [5.74, 6) is 1.65. The summed E-state index contributed by atoms with van der Waals surface area (Å²) in [4.78, 5) is 14.3. The first-order valence-electron chi connectivity index (χ1n) is 7.90. The topological polar surface area (TPSA) is 71.4 Å².